The van der Waals surface area contributed by atoms with Crippen molar-refractivity contribution in [3.8, 4) is 5.88 Å². The Labute approximate surface area is 168 Å². The highest BCUT2D eigenvalue weighted by atomic mass is 35.5. The number of anilines is 3. The van der Waals surface area contributed by atoms with Crippen molar-refractivity contribution in [3.63, 3.8) is 0 Å². The van der Waals surface area contributed by atoms with Crippen LogP contribution in [0.2, 0.25) is 5.02 Å². The molecule has 1 fully saturated rings. The summed E-state index contributed by atoms with van der Waals surface area (Å²) in [4.78, 5) is 10.9. The number of halogens is 2. The molecule has 2 N–H and O–H groups in total. The van der Waals surface area contributed by atoms with Crippen molar-refractivity contribution in [1.29, 1.82) is 0 Å². The zero-order chi connectivity index (χ0) is 19.7. The number of nitrogens with one attached hydrogen (secondary N) is 2. The minimum Gasteiger partial charge on any atom is -0.475 e. The van der Waals surface area contributed by atoms with E-state index in [0.717, 1.165) is 30.9 Å². The fourth-order valence-corrected chi connectivity index (χ4v) is 3.63. The lowest BCUT2D eigenvalue weighted by Gasteiger charge is -2.15. The first-order valence-corrected chi connectivity index (χ1v) is 10.00. The number of ether oxygens (including phenoxy) is 1. The molecule has 0 radical (unpaired) electrons. The molecule has 2 aromatic heterocycles. The predicted octanol–water partition coefficient (Wildman–Crippen LogP) is 3.01. The first-order valence-electron chi connectivity index (χ1n) is 9.62. The van der Waals surface area contributed by atoms with Crippen LogP contribution in [0.4, 0.5) is 21.8 Å². The van der Waals surface area contributed by atoms with Gasteiger partial charge in [-0.05, 0) is 20.3 Å². The fourth-order valence-electron chi connectivity index (χ4n) is 3.48. The van der Waals surface area contributed by atoms with Crippen LogP contribution in [0.15, 0.2) is 6.20 Å². The smallest absolute Gasteiger partial charge is 0.257 e. The minimum atomic E-state index is -0.716. The molecule has 8 nitrogen and oxygen atoms in total. The molecule has 2 atom stereocenters. The summed E-state index contributed by atoms with van der Waals surface area (Å²) < 4.78 is 21.3. The molecule has 0 amide bonds. The van der Waals surface area contributed by atoms with Gasteiger partial charge in [0, 0.05) is 32.1 Å². The second kappa shape index (κ2) is 8.08. The number of likely N-dealkylation sites (tertiary alicyclic amines) is 1. The summed E-state index contributed by atoms with van der Waals surface area (Å²) in [6, 6.07) is 0.133. The van der Waals surface area contributed by atoms with Gasteiger partial charge in [-0.15, -0.1) is 5.10 Å². The highest BCUT2D eigenvalue weighted by molar-refractivity contribution is 6.32. The lowest BCUT2D eigenvalue weighted by molar-refractivity contribution is 0.268. The second-order valence-corrected chi connectivity index (χ2v) is 7.78. The largest absolute Gasteiger partial charge is 0.475 e. The molecular formula is C18H25ClFN7O. The molecule has 0 aliphatic carbocycles. The zero-order valence-corrected chi connectivity index (χ0v) is 16.8. The maximum absolute atomic E-state index is 13.4. The van der Waals surface area contributed by atoms with Gasteiger partial charge in [0.05, 0.1) is 25.0 Å². The summed E-state index contributed by atoms with van der Waals surface area (Å²) in [5, 5.41) is 11.6. The van der Waals surface area contributed by atoms with Crippen LogP contribution in [0.25, 0.3) is 0 Å². The Bertz CT molecular complexity index is 846. The quantitative estimate of drug-likeness (QED) is 0.806. The SMILES string of the molecule is Cc1c2c(nn1CCN1CCC(F)C1)OCCC(C)Nc1nc(ncc1Cl)N2. The van der Waals surface area contributed by atoms with Gasteiger partial charge in [-0.3, -0.25) is 9.58 Å². The normalized spacial score (nSPS) is 22.6. The van der Waals surface area contributed by atoms with E-state index in [2.05, 4.69) is 30.6 Å². The van der Waals surface area contributed by atoms with Gasteiger partial charge >= 0.3 is 0 Å². The van der Waals surface area contributed by atoms with E-state index in [1.54, 1.807) is 6.20 Å². The maximum Gasteiger partial charge on any atom is 0.257 e. The van der Waals surface area contributed by atoms with Crippen LogP contribution in [-0.2, 0) is 6.54 Å². The summed E-state index contributed by atoms with van der Waals surface area (Å²) in [7, 11) is 0. The Hall–Kier alpha value is -2.13. The van der Waals surface area contributed by atoms with Crippen LogP contribution in [0.3, 0.4) is 0 Å². The third-order valence-electron chi connectivity index (χ3n) is 5.17. The molecule has 152 valence electrons. The molecule has 10 heteroatoms. The topological polar surface area (TPSA) is 80.1 Å². The van der Waals surface area contributed by atoms with Gasteiger partial charge in [0.1, 0.15) is 16.9 Å². The summed E-state index contributed by atoms with van der Waals surface area (Å²) in [5.74, 6) is 1.54. The molecule has 2 unspecified atom stereocenters. The molecule has 0 aromatic carbocycles. The summed E-state index contributed by atoms with van der Waals surface area (Å²) in [5.41, 5.74) is 1.67. The van der Waals surface area contributed by atoms with Crippen molar-refractivity contribution in [2.45, 2.75) is 45.4 Å². The number of rotatable bonds is 3. The molecule has 0 spiro atoms. The van der Waals surface area contributed by atoms with Crippen LogP contribution in [0.5, 0.6) is 5.88 Å². The molecule has 1 saturated heterocycles. The van der Waals surface area contributed by atoms with Crippen molar-refractivity contribution in [2.75, 3.05) is 36.9 Å². The molecule has 2 bridgehead atoms. The third kappa shape index (κ3) is 4.15. The lowest BCUT2D eigenvalue weighted by atomic mass is 10.2. The Morgan fingerprint density at radius 2 is 2.21 bits per heavy atom. The van der Waals surface area contributed by atoms with Crippen LogP contribution in [0, 0.1) is 6.92 Å². The Morgan fingerprint density at radius 3 is 3.00 bits per heavy atom. The molecule has 2 aliphatic heterocycles. The van der Waals surface area contributed by atoms with E-state index in [0.29, 0.717) is 48.8 Å². The van der Waals surface area contributed by atoms with Crippen molar-refractivity contribution in [2.24, 2.45) is 0 Å². The number of hydrogen-bond acceptors (Lipinski definition) is 7. The molecule has 2 aromatic rings. The van der Waals surface area contributed by atoms with E-state index in [4.69, 9.17) is 16.3 Å². The summed E-state index contributed by atoms with van der Waals surface area (Å²) in [6.45, 7) is 7.25. The van der Waals surface area contributed by atoms with Gasteiger partial charge in [0.2, 0.25) is 5.95 Å². The third-order valence-corrected chi connectivity index (χ3v) is 5.45. The van der Waals surface area contributed by atoms with Gasteiger partial charge in [-0.2, -0.15) is 4.98 Å². The average Bonchev–Trinajstić information content (AvgIpc) is 3.19. The summed E-state index contributed by atoms with van der Waals surface area (Å²) in [6.07, 6.45) is 2.24. The van der Waals surface area contributed by atoms with E-state index < -0.39 is 6.17 Å². The average molecular weight is 410 g/mol. The van der Waals surface area contributed by atoms with Gasteiger partial charge in [0.15, 0.2) is 5.82 Å². The maximum atomic E-state index is 13.4. The van der Waals surface area contributed by atoms with Crippen molar-refractivity contribution in [1.82, 2.24) is 24.6 Å². The lowest BCUT2D eigenvalue weighted by Crippen LogP contribution is -2.26. The van der Waals surface area contributed by atoms with Crippen molar-refractivity contribution in [3.05, 3.63) is 16.9 Å². The Balaban J connectivity index is 1.58. The molecule has 4 rings (SSSR count). The van der Waals surface area contributed by atoms with Crippen LogP contribution in [-0.4, -0.2) is 63.1 Å². The summed E-state index contributed by atoms with van der Waals surface area (Å²) >= 11 is 6.21. The fraction of sp³-hybridized carbons (Fsp3) is 0.611. The van der Waals surface area contributed by atoms with E-state index in [1.807, 2.05) is 18.5 Å². The minimum absolute atomic E-state index is 0.133. The van der Waals surface area contributed by atoms with Crippen LogP contribution >= 0.6 is 11.6 Å². The number of fused-ring (bicyclic) bond motifs is 3. The number of nitrogens with zero attached hydrogens (tertiary/aromatic N) is 5. The monoisotopic (exact) mass is 409 g/mol. The van der Waals surface area contributed by atoms with Gasteiger partial charge < -0.3 is 15.4 Å². The Kier molecular flexibility index (Phi) is 5.54. The van der Waals surface area contributed by atoms with Gasteiger partial charge in [-0.1, -0.05) is 11.6 Å². The zero-order valence-electron chi connectivity index (χ0n) is 16.1. The molecule has 0 saturated carbocycles. The second-order valence-electron chi connectivity index (χ2n) is 7.37. The predicted molar refractivity (Wildman–Crippen MR) is 106 cm³/mol. The van der Waals surface area contributed by atoms with Crippen molar-refractivity contribution < 1.29 is 9.13 Å². The standard InChI is InChI=1S/C18H25ClFN7O/c1-11-4-8-28-17-15(23-18-21-9-14(19)16(22-11)24-18)12(2)27(25-17)7-6-26-5-3-13(20)10-26/h9,11,13H,3-8,10H2,1-2H3,(H2,21,22,23,24). The van der Waals surface area contributed by atoms with Crippen molar-refractivity contribution >= 4 is 29.1 Å². The highest BCUT2D eigenvalue weighted by Gasteiger charge is 2.23. The van der Waals surface area contributed by atoms with E-state index in [9.17, 15) is 4.39 Å². The van der Waals surface area contributed by atoms with E-state index >= 15 is 0 Å². The van der Waals surface area contributed by atoms with Gasteiger partial charge in [-0.25, -0.2) is 9.37 Å². The van der Waals surface area contributed by atoms with E-state index in [-0.39, 0.29) is 6.04 Å². The number of hydrogen-bond donors (Lipinski definition) is 2. The number of alkyl halides is 1. The highest BCUT2D eigenvalue weighted by Crippen LogP contribution is 2.32. The molecule has 4 heterocycles. The molecule has 2 aliphatic rings. The molecule has 28 heavy (non-hydrogen) atoms. The van der Waals surface area contributed by atoms with Crippen LogP contribution < -0.4 is 15.4 Å². The molecular weight excluding hydrogens is 385 g/mol. The van der Waals surface area contributed by atoms with Gasteiger partial charge in [0.25, 0.3) is 5.88 Å². The first-order chi connectivity index (χ1) is 13.5. The number of aromatic nitrogens is 4. The van der Waals surface area contributed by atoms with E-state index in [1.165, 1.54) is 0 Å². The van der Waals surface area contributed by atoms with Crippen LogP contribution in [0.1, 0.15) is 25.5 Å². The Morgan fingerprint density at radius 1 is 1.36 bits per heavy atom. The first kappa shape index (κ1) is 19.2.